The van der Waals surface area contributed by atoms with Crippen LogP contribution in [0.25, 0.3) is 0 Å². The first-order chi connectivity index (χ1) is 9.10. The Hall–Kier alpha value is -2.44. The zero-order chi connectivity index (χ0) is 13.8. The van der Waals surface area contributed by atoms with E-state index in [4.69, 9.17) is 0 Å². The number of non-ortho nitro benzene ring substituents is 1. The van der Waals surface area contributed by atoms with Gasteiger partial charge in [-0.2, -0.15) is 0 Å². The fourth-order valence-electron chi connectivity index (χ4n) is 1.80. The second-order valence-electron chi connectivity index (χ2n) is 4.03. The summed E-state index contributed by atoms with van der Waals surface area (Å²) in [6.45, 7) is 1.94. The monoisotopic (exact) mass is 264 g/mol. The summed E-state index contributed by atoms with van der Waals surface area (Å²) in [7, 11) is 0. The molecule has 1 aromatic carbocycles. The molecular formula is C12H13FN4O2. The summed E-state index contributed by atoms with van der Waals surface area (Å²) >= 11 is 0. The molecule has 0 bridgehead atoms. The van der Waals surface area contributed by atoms with Crippen LogP contribution in [0.3, 0.4) is 0 Å². The summed E-state index contributed by atoms with van der Waals surface area (Å²) in [5, 5.41) is 13.7. The number of benzene rings is 1. The molecule has 0 aliphatic rings. The number of imidazole rings is 1. The van der Waals surface area contributed by atoms with Crippen LogP contribution < -0.4 is 5.32 Å². The standard InChI is InChI=1S/C12H13FN4O2/c1-2-11(12-14-3-4-15-12)16-9-5-8(13)6-10(7-9)17(18)19/h3-7,11,16H,2H2,1H3,(H,14,15). The van der Waals surface area contributed by atoms with Crippen LogP contribution in [-0.2, 0) is 0 Å². The number of nitro groups is 1. The van der Waals surface area contributed by atoms with Gasteiger partial charge >= 0.3 is 0 Å². The van der Waals surface area contributed by atoms with Crippen LogP contribution >= 0.6 is 0 Å². The van der Waals surface area contributed by atoms with Crippen molar-refractivity contribution in [3.8, 4) is 0 Å². The molecule has 0 aliphatic carbocycles. The topological polar surface area (TPSA) is 83.8 Å². The lowest BCUT2D eigenvalue weighted by atomic mass is 10.2. The SMILES string of the molecule is CCC(Nc1cc(F)cc([N+](=O)[O-])c1)c1ncc[nH]1. The summed E-state index contributed by atoms with van der Waals surface area (Å²) in [6, 6.07) is 3.25. The number of hydrogen-bond donors (Lipinski definition) is 2. The third-order valence-electron chi connectivity index (χ3n) is 2.69. The maximum Gasteiger partial charge on any atom is 0.274 e. The minimum atomic E-state index is -0.647. The van der Waals surface area contributed by atoms with Gasteiger partial charge in [-0.3, -0.25) is 10.1 Å². The summed E-state index contributed by atoms with van der Waals surface area (Å²) in [5.74, 6) is 0.0559. The quantitative estimate of drug-likeness (QED) is 0.642. The Labute approximate surface area is 108 Å². The zero-order valence-electron chi connectivity index (χ0n) is 10.3. The lowest BCUT2D eigenvalue weighted by molar-refractivity contribution is -0.385. The highest BCUT2D eigenvalue weighted by molar-refractivity contribution is 5.52. The fourth-order valence-corrected chi connectivity index (χ4v) is 1.80. The smallest absolute Gasteiger partial charge is 0.274 e. The number of H-pyrrole nitrogens is 1. The van der Waals surface area contributed by atoms with E-state index in [1.165, 1.54) is 12.1 Å². The Morgan fingerprint density at radius 2 is 2.32 bits per heavy atom. The van der Waals surface area contributed by atoms with Gasteiger partial charge in [0.25, 0.3) is 5.69 Å². The van der Waals surface area contributed by atoms with E-state index in [0.29, 0.717) is 17.9 Å². The van der Waals surface area contributed by atoms with E-state index in [9.17, 15) is 14.5 Å². The van der Waals surface area contributed by atoms with Crippen molar-refractivity contribution in [2.45, 2.75) is 19.4 Å². The van der Waals surface area contributed by atoms with Gasteiger partial charge < -0.3 is 10.3 Å². The molecule has 1 aromatic heterocycles. The van der Waals surface area contributed by atoms with Crippen molar-refractivity contribution < 1.29 is 9.31 Å². The molecule has 0 saturated heterocycles. The van der Waals surface area contributed by atoms with Gasteiger partial charge in [0.15, 0.2) is 0 Å². The van der Waals surface area contributed by atoms with Crippen molar-refractivity contribution in [1.29, 1.82) is 0 Å². The van der Waals surface area contributed by atoms with Crippen molar-refractivity contribution >= 4 is 11.4 Å². The Morgan fingerprint density at radius 1 is 1.53 bits per heavy atom. The second-order valence-corrected chi connectivity index (χ2v) is 4.03. The maximum absolute atomic E-state index is 13.3. The number of nitro benzene ring substituents is 1. The number of aromatic nitrogens is 2. The number of halogens is 1. The highest BCUT2D eigenvalue weighted by Crippen LogP contribution is 2.24. The highest BCUT2D eigenvalue weighted by atomic mass is 19.1. The molecule has 19 heavy (non-hydrogen) atoms. The van der Waals surface area contributed by atoms with Crippen molar-refractivity contribution in [2.75, 3.05) is 5.32 Å². The van der Waals surface area contributed by atoms with Gasteiger partial charge in [0.05, 0.1) is 17.0 Å². The number of anilines is 1. The van der Waals surface area contributed by atoms with Gasteiger partial charge in [0.2, 0.25) is 0 Å². The number of nitrogens with one attached hydrogen (secondary N) is 2. The first kappa shape index (κ1) is 13.0. The first-order valence-electron chi connectivity index (χ1n) is 5.81. The Bertz CT molecular complexity index is 571. The van der Waals surface area contributed by atoms with Crippen molar-refractivity contribution in [3.63, 3.8) is 0 Å². The molecule has 0 fully saturated rings. The van der Waals surface area contributed by atoms with Crippen molar-refractivity contribution in [1.82, 2.24) is 9.97 Å². The highest BCUT2D eigenvalue weighted by Gasteiger charge is 2.15. The van der Waals surface area contributed by atoms with E-state index in [1.807, 2.05) is 6.92 Å². The summed E-state index contributed by atoms with van der Waals surface area (Å²) < 4.78 is 13.3. The number of nitrogens with zero attached hydrogens (tertiary/aromatic N) is 2. The minimum absolute atomic E-state index is 0.156. The number of hydrogen-bond acceptors (Lipinski definition) is 4. The van der Waals surface area contributed by atoms with Crippen molar-refractivity contribution in [3.05, 3.63) is 52.3 Å². The molecule has 1 heterocycles. The molecule has 2 aromatic rings. The van der Waals surface area contributed by atoms with E-state index in [1.54, 1.807) is 12.4 Å². The summed E-state index contributed by atoms with van der Waals surface area (Å²) in [5.41, 5.74) is 0.0757. The molecule has 7 heteroatoms. The van der Waals surface area contributed by atoms with Crippen LogP contribution in [0.15, 0.2) is 30.6 Å². The molecule has 1 unspecified atom stereocenters. The molecule has 2 rings (SSSR count). The van der Waals surface area contributed by atoms with Crippen LogP contribution in [0.5, 0.6) is 0 Å². The van der Waals surface area contributed by atoms with Crippen LogP contribution in [0.2, 0.25) is 0 Å². The largest absolute Gasteiger partial charge is 0.375 e. The van der Waals surface area contributed by atoms with Gasteiger partial charge in [-0.1, -0.05) is 6.92 Å². The Morgan fingerprint density at radius 3 is 2.89 bits per heavy atom. The molecule has 0 spiro atoms. The van der Waals surface area contributed by atoms with Gasteiger partial charge in [0.1, 0.15) is 11.6 Å². The third kappa shape index (κ3) is 3.06. The predicted octanol–water partition coefficient (Wildman–Crippen LogP) is 3.02. The van der Waals surface area contributed by atoms with E-state index < -0.39 is 10.7 Å². The molecule has 100 valence electrons. The third-order valence-corrected chi connectivity index (χ3v) is 2.69. The van der Waals surface area contributed by atoms with Gasteiger partial charge in [-0.05, 0) is 12.5 Å². The molecule has 0 amide bonds. The molecule has 1 atom stereocenters. The molecule has 0 radical (unpaired) electrons. The van der Waals surface area contributed by atoms with E-state index in [2.05, 4.69) is 15.3 Å². The van der Waals surface area contributed by atoms with E-state index in [-0.39, 0.29) is 11.7 Å². The zero-order valence-corrected chi connectivity index (χ0v) is 10.3. The predicted molar refractivity (Wildman–Crippen MR) is 68.3 cm³/mol. The van der Waals surface area contributed by atoms with Crippen LogP contribution in [-0.4, -0.2) is 14.9 Å². The average molecular weight is 264 g/mol. The van der Waals surface area contributed by atoms with Gasteiger partial charge in [-0.25, -0.2) is 9.37 Å². The van der Waals surface area contributed by atoms with E-state index in [0.717, 1.165) is 6.07 Å². The Kier molecular flexibility index (Phi) is 3.74. The summed E-state index contributed by atoms with van der Waals surface area (Å²) in [6.07, 6.45) is 4.01. The number of rotatable bonds is 5. The molecular weight excluding hydrogens is 251 g/mol. The molecule has 0 aliphatic heterocycles. The number of aromatic amines is 1. The van der Waals surface area contributed by atoms with Crippen LogP contribution in [0, 0.1) is 15.9 Å². The Balaban J connectivity index is 2.24. The molecule has 2 N–H and O–H groups in total. The van der Waals surface area contributed by atoms with Crippen LogP contribution in [0.1, 0.15) is 25.2 Å². The summed E-state index contributed by atoms with van der Waals surface area (Å²) in [4.78, 5) is 17.1. The molecule has 6 nitrogen and oxygen atoms in total. The van der Waals surface area contributed by atoms with E-state index >= 15 is 0 Å². The second kappa shape index (κ2) is 5.47. The first-order valence-corrected chi connectivity index (χ1v) is 5.81. The lowest BCUT2D eigenvalue weighted by Crippen LogP contribution is -2.11. The lowest BCUT2D eigenvalue weighted by Gasteiger charge is -2.15. The maximum atomic E-state index is 13.3. The molecule has 0 saturated carbocycles. The van der Waals surface area contributed by atoms with Gasteiger partial charge in [-0.15, -0.1) is 0 Å². The van der Waals surface area contributed by atoms with Crippen molar-refractivity contribution in [2.24, 2.45) is 0 Å². The normalized spacial score (nSPS) is 12.1. The minimum Gasteiger partial charge on any atom is -0.375 e. The average Bonchev–Trinajstić information content (AvgIpc) is 2.89. The fraction of sp³-hybridized carbons (Fsp3) is 0.250. The van der Waals surface area contributed by atoms with Gasteiger partial charge in [0, 0.05) is 24.1 Å². The van der Waals surface area contributed by atoms with Crippen LogP contribution in [0.4, 0.5) is 15.8 Å².